The van der Waals surface area contributed by atoms with Crippen LogP contribution < -0.4 is 10.2 Å². The second-order valence-electron chi connectivity index (χ2n) is 6.54. The van der Waals surface area contributed by atoms with Crippen molar-refractivity contribution in [3.05, 3.63) is 58.9 Å². The quantitative estimate of drug-likeness (QED) is 0.743. The highest BCUT2D eigenvalue weighted by Crippen LogP contribution is 2.35. The maximum Gasteiger partial charge on any atom is 0.263 e. The minimum absolute atomic E-state index is 0.0595. The van der Waals surface area contributed by atoms with Gasteiger partial charge in [0.15, 0.2) is 5.13 Å². The second kappa shape index (κ2) is 6.75. The third-order valence-electron chi connectivity index (χ3n) is 4.88. The lowest BCUT2D eigenvalue weighted by molar-refractivity contribution is 0.0962. The van der Waals surface area contributed by atoms with E-state index >= 15 is 0 Å². The van der Waals surface area contributed by atoms with Gasteiger partial charge in [-0.15, -0.1) is 0 Å². The Labute approximate surface area is 160 Å². The number of carbonyl (C=O) groups is 1. The summed E-state index contributed by atoms with van der Waals surface area (Å²) in [5.74, 6) is -0.0595. The fourth-order valence-electron chi connectivity index (χ4n) is 3.47. The number of anilines is 1. The van der Waals surface area contributed by atoms with Crippen LogP contribution in [0.2, 0.25) is 0 Å². The van der Waals surface area contributed by atoms with Crippen molar-refractivity contribution in [1.82, 2.24) is 15.3 Å². The van der Waals surface area contributed by atoms with E-state index in [0.29, 0.717) is 24.6 Å². The van der Waals surface area contributed by atoms with E-state index in [1.807, 2.05) is 18.3 Å². The molecule has 2 aliphatic rings. The van der Waals surface area contributed by atoms with E-state index in [0.717, 1.165) is 45.8 Å². The summed E-state index contributed by atoms with van der Waals surface area (Å²) in [7, 11) is 0. The van der Waals surface area contributed by atoms with E-state index in [1.54, 1.807) is 6.20 Å². The smallest absolute Gasteiger partial charge is 0.263 e. The predicted octanol–water partition coefficient (Wildman–Crippen LogP) is 2.70. The molecule has 3 aromatic rings. The summed E-state index contributed by atoms with van der Waals surface area (Å²) in [6.07, 6.45) is 5.70. The largest absolute Gasteiger partial charge is 0.378 e. The van der Waals surface area contributed by atoms with Gasteiger partial charge in [-0.05, 0) is 23.1 Å². The first-order valence-electron chi connectivity index (χ1n) is 8.96. The van der Waals surface area contributed by atoms with E-state index in [1.165, 1.54) is 11.3 Å². The molecule has 7 heteroatoms. The molecule has 5 rings (SSSR count). The zero-order valence-corrected chi connectivity index (χ0v) is 15.5. The topological polar surface area (TPSA) is 67.4 Å². The zero-order chi connectivity index (χ0) is 18.2. The zero-order valence-electron chi connectivity index (χ0n) is 14.6. The molecule has 27 heavy (non-hydrogen) atoms. The van der Waals surface area contributed by atoms with Gasteiger partial charge in [0, 0.05) is 43.0 Å². The lowest BCUT2D eigenvalue weighted by Crippen LogP contribution is -2.36. The van der Waals surface area contributed by atoms with Gasteiger partial charge in [-0.2, -0.15) is 0 Å². The Kier molecular flexibility index (Phi) is 4.10. The fourth-order valence-corrected chi connectivity index (χ4v) is 4.51. The van der Waals surface area contributed by atoms with Crippen LogP contribution in [0.3, 0.4) is 0 Å². The van der Waals surface area contributed by atoms with Crippen molar-refractivity contribution < 1.29 is 9.53 Å². The highest BCUT2D eigenvalue weighted by Gasteiger charge is 2.26. The molecule has 2 aromatic heterocycles. The monoisotopic (exact) mass is 378 g/mol. The molecule has 0 unspecified atom stereocenters. The van der Waals surface area contributed by atoms with Crippen LogP contribution in [-0.2, 0) is 4.74 Å². The van der Waals surface area contributed by atoms with Crippen LogP contribution in [0.5, 0.6) is 0 Å². The molecule has 2 aliphatic heterocycles. The van der Waals surface area contributed by atoms with Gasteiger partial charge in [0.25, 0.3) is 5.91 Å². The summed E-state index contributed by atoms with van der Waals surface area (Å²) in [5.41, 5.74) is 2.80. The predicted molar refractivity (Wildman–Crippen MR) is 106 cm³/mol. The molecule has 0 bridgehead atoms. The number of benzene rings is 1. The van der Waals surface area contributed by atoms with E-state index in [9.17, 15) is 4.79 Å². The van der Waals surface area contributed by atoms with Crippen molar-refractivity contribution in [2.75, 3.05) is 37.7 Å². The Hall–Kier alpha value is -2.77. The molecule has 0 atom stereocenters. The number of thiazole rings is 1. The number of nitrogens with zero attached hydrogens (tertiary/aromatic N) is 3. The molecule has 1 N–H and O–H groups in total. The van der Waals surface area contributed by atoms with Crippen molar-refractivity contribution in [1.29, 1.82) is 0 Å². The highest BCUT2D eigenvalue weighted by atomic mass is 32.1. The molecule has 1 aromatic carbocycles. The molecule has 1 saturated heterocycles. The summed E-state index contributed by atoms with van der Waals surface area (Å²) in [6, 6.07) is 8.28. The minimum atomic E-state index is -0.0595. The first kappa shape index (κ1) is 16.4. The Balaban J connectivity index is 1.60. The molecule has 6 nitrogen and oxygen atoms in total. The number of aromatic nitrogens is 2. The lowest BCUT2D eigenvalue weighted by Gasteiger charge is -2.26. The number of carbonyl (C=O) groups excluding carboxylic acids is 1. The molecule has 0 spiro atoms. The molecule has 1 amide bonds. The van der Waals surface area contributed by atoms with Crippen LogP contribution in [0, 0.1) is 0 Å². The van der Waals surface area contributed by atoms with E-state index in [-0.39, 0.29) is 5.91 Å². The van der Waals surface area contributed by atoms with Crippen LogP contribution >= 0.6 is 11.3 Å². The maximum absolute atomic E-state index is 12.6. The van der Waals surface area contributed by atoms with Crippen molar-refractivity contribution in [3.63, 3.8) is 0 Å². The average molecular weight is 378 g/mol. The van der Waals surface area contributed by atoms with E-state index in [2.05, 4.69) is 33.4 Å². The molecular weight excluding hydrogens is 360 g/mol. The molecule has 1 fully saturated rings. The average Bonchev–Trinajstić information content (AvgIpc) is 3.10. The van der Waals surface area contributed by atoms with Crippen molar-refractivity contribution in [2.45, 2.75) is 0 Å². The number of morpholine rings is 1. The number of nitrogens with one attached hydrogen (secondary N) is 1. The van der Waals surface area contributed by atoms with Gasteiger partial charge in [-0.1, -0.05) is 29.5 Å². The minimum Gasteiger partial charge on any atom is -0.378 e. The number of hydrogen-bond donors (Lipinski definition) is 1. The van der Waals surface area contributed by atoms with Crippen molar-refractivity contribution in [3.8, 4) is 0 Å². The van der Waals surface area contributed by atoms with Crippen LogP contribution in [0.25, 0.3) is 16.3 Å². The standard InChI is InChI=1S/C20H18N4O2S/c25-19-18-17(23-20(27-18)24-7-9-26-10-8-24)16(4-6-22-19)14-2-1-13-3-5-21-12-15(13)11-14/h1-5,11-12H,6-10H2,(H,22,25). The Morgan fingerprint density at radius 3 is 2.93 bits per heavy atom. The van der Waals surface area contributed by atoms with Crippen LogP contribution in [0.4, 0.5) is 5.13 Å². The third-order valence-corrected chi connectivity index (χ3v) is 5.99. The molecular formula is C20H18N4O2S. The first-order valence-corrected chi connectivity index (χ1v) is 9.78. The summed E-state index contributed by atoms with van der Waals surface area (Å²) < 4.78 is 5.43. The van der Waals surface area contributed by atoms with Crippen LogP contribution in [0.15, 0.2) is 42.7 Å². The number of fused-ring (bicyclic) bond motifs is 2. The highest BCUT2D eigenvalue weighted by molar-refractivity contribution is 7.17. The van der Waals surface area contributed by atoms with Gasteiger partial charge in [-0.25, -0.2) is 4.98 Å². The molecule has 0 saturated carbocycles. The fraction of sp³-hybridized carbons (Fsp3) is 0.250. The van der Waals surface area contributed by atoms with Gasteiger partial charge in [0.2, 0.25) is 0 Å². The summed E-state index contributed by atoms with van der Waals surface area (Å²) >= 11 is 1.46. The Morgan fingerprint density at radius 2 is 2.04 bits per heavy atom. The Morgan fingerprint density at radius 1 is 1.15 bits per heavy atom. The normalized spacial score (nSPS) is 17.3. The van der Waals surface area contributed by atoms with Gasteiger partial charge in [0.1, 0.15) is 4.88 Å². The SMILES string of the molecule is O=C1NCC=C(c2ccc3ccncc3c2)c2nc(N3CCOCC3)sc21. The van der Waals surface area contributed by atoms with Crippen molar-refractivity contribution in [2.24, 2.45) is 0 Å². The molecule has 136 valence electrons. The summed E-state index contributed by atoms with van der Waals surface area (Å²) in [5, 5.41) is 6.05. The van der Waals surface area contributed by atoms with Gasteiger partial charge >= 0.3 is 0 Å². The first-order chi connectivity index (χ1) is 13.3. The second-order valence-corrected chi connectivity index (χ2v) is 7.52. The van der Waals surface area contributed by atoms with Crippen molar-refractivity contribution >= 4 is 38.7 Å². The number of ether oxygens (including phenoxy) is 1. The van der Waals surface area contributed by atoms with Crippen LogP contribution in [-0.4, -0.2) is 48.7 Å². The number of amides is 1. The molecule has 4 heterocycles. The summed E-state index contributed by atoms with van der Waals surface area (Å²) in [4.78, 5) is 24.5. The van der Waals surface area contributed by atoms with Gasteiger partial charge < -0.3 is 15.0 Å². The molecule has 0 radical (unpaired) electrons. The van der Waals surface area contributed by atoms with Gasteiger partial charge in [0.05, 0.1) is 18.9 Å². The van der Waals surface area contributed by atoms with E-state index < -0.39 is 0 Å². The number of hydrogen-bond acceptors (Lipinski definition) is 6. The Bertz CT molecular complexity index is 1050. The van der Waals surface area contributed by atoms with E-state index in [4.69, 9.17) is 9.72 Å². The number of rotatable bonds is 2. The molecule has 0 aliphatic carbocycles. The lowest BCUT2D eigenvalue weighted by atomic mass is 9.99. The summed E-state index contributed by atoms with van der Waals surface area (Å²) in [6.45, 7) is 3.48. The van der Waals surface area contributed by atoms with Gasteiger partial charge in [-0.3, -0.25) is 9.78 Å². The van der Waals surface area contributed by atoms with Crippen LogP contribution in [0.1, 0.15) is 20.9 Å². The maximum atomic E-state index is 12.6. The third kappa shape index (κ3) is 2.98. The number of pyridine rings is 1.